The van der Waals surface area contributed by atoms with Crippen LogP contribution in [0, 0.1) is 0 Å². The van der Waals surface area contributed by atoms with E-state index in [1.807, 2.05) is 6.92 Å². The maximum atomic E-state index is 11.0. The Labute approximate surface area is 118 Å². The zero-order chi connectivity index (χ0) is 14.6. The van der Waals surface area contributed by atoms with Crippen LogP contribution in [0.15, 0.2) is 0 Å². The van der Waals surface area contributed by atoms with E-state index in [9.17, 15) is 4.79 Å². The SMILES string of the molecule is CCOC(=O)NCCCCCNC(CC)(CC)CC. The fourth-order valence-electron chi connectivity index (χ4n) is 2.28. The van der Waals surface area contributed by atoms with Gasteiger partial charge in [-0.05, 0) is 45.6 Å². The van der Waals surface area contributed by atoms with Gasteiger partial charge in [-0.3, -0.25) is 0 Å². The highest BCUT2D eigenvalue weighted by atomic mass is 16.5. The summed E-state index contributed by atoms with van der Waals surface area (Å²) in [7, 11) is 0. The third kappa shape index (κ3) is 8.09. The quantitative estimate of drug-likeness (QED) is 0.566. The number of ether oxygens (including phenoxy) is 1. The summed E-state index contributed by atoms with van der Waals surface area (Å²) >= 11 is 0. The lowest BCUT2D eigenvalue weighted by Gasteiger charge is -2.32. The van der Waals surface area contributed by atoms with Crippen molar-refractivity contribution in [2.45, 2.75) is 71.8 Å². The van der Waals surface area contributed by atoms with Crippen LogP contribution < -0.4 is 10.6 Å². The van der Waals surface area contributed by atoms with Gasteiger partial charge in [0.25, 0.3) is 0 Å². The second-order valence-corrected chi connectivity index (χ2v) is 4.98. The highest BCUT2D eigenvalue weighted by Gasteiger charge is 2.21. The molecule has 0 rings (SSSR count). The van der Waals surface area contributed by atoms with Crippen LogP contribution in [0.5, 0.6) is 0 Å². The predicted molar refractivity (Wildman–Crippen MR) is 80.5 cm³/mol. The van der Waals surface area contributed by atoms with Crippen molar-refractivity contribution in [1.29, 1.82) is 0 Å². The zero-order valence-corrected chi connectivity index (χ0v) is 13.2. The molecule has 114 valence electrons. The molecule has 0 fully saturated rings. The fourth-order valence-corrected chi connectivity index (χ4v) is 2.28. The Balaban J connectivity index is 3.52. The van der Waals surface area contributed by atoms with Crippen LogP contribution in [0.1, 0.15) is 66.2 Å². The Morgan fingerprint density at radius 3 is 2.05 bits per heavy atom. The number of hydrogen-bond donors (Lipinski definition) is 2. The number of unbranched alkanes of at least 4 members (excludes halogenated alkanes) is 2. The van der Waals surface area contributed by atoms with E-state index in [0.29, 0.717) is 18.7 Å². The van der Waals surface area contributed by atoms with E-state index in [0.717, 1.165) is 25.8 Å². The third-order valence-electron chi connectivity index (χ3n) is 3.93. The van der Waals surface area contributed by atoms with Crippen LogP contribution in [0.25, 0.3) is 0 Å². The Kier molecular flexibility index (Phi) is 10.6. The summed E-state index contributed by atoms with van der Waals surface area (Å²) in [6.07, 6.45) is 6.55. The van der Waals surface area contributed by atoms with Crippen LogP contribution in [0.4, 0.5) is 4.79 Å². The molecule has 4 heteroatoms. The van der Waals surface area contributed by atoms with E-state index in [2.05, 4.69) is 31.4 Å². The summed E-state index contributed by atoms with van der Waals surface area (Å²) in [5, 5.41) is 6.43. The molecule has 0 aromatic rings. The topological polar surface area (TPSA) is 50.4 Å². The van der Waals surface area contributed by atoms with Crippen molar-refractivity contribution >= 4 is 6.09 Å². The van der Waals surface area contributed by atoms with Crippen molar-refractivity contribution in [2.75, 3.05) is 19.7 Å². The number of hydrogen-bond acceptors (Lipinski definition) is 3. The molecule has 0 radical (unpaired) electrons. The van der Waals surface area contributed by atoms with Gasteiger partial charge in [-0.1, -0.05) is 27.2 Å². The van der Waals surface area contributed by atoms with Crippen molar-refractivity contribution in [1.82, 2.24) is 10.6 Å². The van der Waals surface area contributed by atoms with Crippen molar-refractivity contribution in [3.63, 3.8) is 0 Å². The van der Waals surface area contributed by atoms with Crippen LogP contribution >= 0.6 is 0 Å². The van der Waals surface area contributed by atoms with Crippen LogP contribution in [0.2, 0.25) is 0 Å². The molecule has 0 aromatic carbocycles. The molecule has 0 aliphatic heterocycles. The summed E-state index contributed by atoms with van der Waals surface area (Å²) in [5.74, 6) is 0. The molecule has 0 aliphatic carbocycles. The molecule has 0 heterocycles. The molecule has 0 aromatic heterocycles. The highest BCUT2D eigenvalue weighted by Crippen LogP contribution is 2.19. The normalized spacial score (nSPS) is 11.4. The first kappa shape index (κ1) is 18.2. The lowest BCUT2D eigenvalue weighted by Crippen LogP contribution is -2.44. The third-order valence-corrected chi connectivity index (χ3v) is 3.93. The van der Waals surface area contributed by atoms with Gasteiger partial charge in [0.1, 0.15) is 0 Å². The fraction of sp³-hybridized carbons (Fsp3) is 0.933. The maximum Gasteiger partial charge on any atom is 0.407 e. The van der Waals surface area contributed by atoms with E-state index in [-0.39, 0.29) is 6.09 Å². The second kappa shape index (κ2) is 11.1. The van der Waals surface area contributed by atoms with Gasteiger partial charge in [0.05, 0.1) is 6.61 Å². The standard InChI is InChI=1S/C15H32N2O2/c1-5-15(6-2,7-3)17-13-11-9-10-12-16-14(18)19-8-4/h17H,5-13H2,1-4H3,(H,16,18). The van der Waals surface area contributed by atoms with E-state index in [4.69, 9.17) is 4.74 Å². The van der Waals surface area contributed by atoms with Crippen molar-refractivity contribution in [3.8, 4) is 0 Å². The van der Waals surface area contributed by atoms with E-state index in [1.165, 1.54) is 19.3 Å². The Morgan fingerprint density at radius 1 is 0.947 bits per heavy atom. The molecule has 0 aliphatic rings. The molecule has 0 saturated carbocycles. The summed E-state index contributed by atoms with van der Waals surface area (Å²) in [4.78, 5) is 11.0. The molecule has 4 nitrogen and oxygen atoms in total. The highest BCUT2D eigenvalue weighted by molar-refractivity contribution is 5.66. The lowest BCUT2D eigenvalue weighted by molar-refractivity contribution is 0.152. The van der Waals surface area contributed by atoms with Crippen molar-refractivity contribution in [2.24, 2.45) is 0 Å². The molecule has 2 N–H and O–H groups in total. The van der Waals surface area contributed by atoms with E-state index < -0.39 is 0 Å². The predicted octanol–water partition coefficient (Wildman–Crippen LogP) is 3.46. The number of carbonyl (C=O) groups is 1. The van der Waals surface area contributed by atoms with Gasteiger partial charge in [-0.25, -0.2) is 4.79 Å². The summed E-state index contributed by atoms with van der Waals surface area (Å²) in [5.41, 5.74) is 0.323. The first-order valence-electron chi connectivity index (χ1n) is 7.79. The second-order valence-electron chi connectivity index (χ2n) is 4.98. The smallest absolute Gasteiger partial charge is 0.407 e. The summed E-state index contributed by atoms with van der Waals surface area (Å²) < 4.78 is 4.80. The monoisotopic (exact) mass is 272 g/mol. The minimum atomic E-state index is -0.303. The van der Waals surface area contributed by atoms with Crippen LogP contribution in [-0.2, 0) is 4.74 Å². The zero-order valence-electron chi connectivity index (χ0n) is 13.2. The Hall–Kier alpha value is -0.770. The average molecular weight is 272 g/mol. The van der Waals surface area contributed by atoms with Gasteiger partial charge < -0.3 is 15.4 Å². The van der Waals surface area contributed by atoms with Crippen molar-refractivity contribution < 1.29 is 9.53 Å². The molecule has 19 heavy (non-hydrogen) atoms. The first-order valence-corrected chi connectivity index (χ1v) is 7.79. The molecule has 0 atom stereocenters. The maximum absolute atomic E-state index is 11.0. The largest absolute Gasteiger partial charge is 0.450 e. The minimum Gasteiger partial charge on any atom is -0.450 e. The van der Waals surface area contributed by atoms with Gasteiger partial charge in [-0.2, -0.15) is 0 Å². The number of rotatable bonds is 11. The van der Waals surface area contributed by atoms with Gasteiger partial charge in [0.2, 0.25) is 0 Å². The van der Waals surface area contributed by atoms with Crippen LogP contribution in [-0.4, -0.2) is 31.3 Å². The van der Waals surface area contributed by atoms with Gasteiger partial charge >= 0.3 is 6.09 Å². The number of carbonyl (C=O) groups excluding carboxylic acids is 1. The summed E-state index contributed by atoms with van der Waals surface area (Å²) in [6.45, 7) is 10.8. The van der Waals surface area contributed by atoms with Crippen molar-refractivity contribution in [3.05, 3.63) is 0 Å². The summed E-state index contributed by atoms with van der Waals surface area (Å²) in [6, 6.07) is 0. The minimum absolute atomic E-state index is 0.303. The van der Waals surface area contributed by atoms with Gasteiger partial charge in [0.15, 0.2) is 0 Å². The average Bonchev–Trinajstić information content (AvgIpc) is 2.43. The number of alkyl carbamates (subject to hydrolysis) is 1. The molecule has 0 spiro atoms. The van der Waals surface area contributed by atoms with Crippen LogP contribution in [0.3, 0.4) is 0 Å². The lowest BCUT2D eigenvalue weighted by atomic mass is 9.90. The Bertz CT molecular complexity index is 220. The van der Waals surface area contributed by atoms with E-state index in [1.54, 1.807) is 0 Å². The van der Waals surface area contributed by atoms with Gasteiger partial charge in [0, 0.05) is 12.1 Å². The molecular formula is C15H32N2O2. The number of amides is 1. The molecule has 0 saturated heterocycles. The molecule has 0 unspecified atom stereocenters. The molecule has 1 amide bonds. The molecule has 0 bridgehead atoms. The molecular weight excluding hydrogens is 240 g/mol. The first-order chi connectivity index (χ1) is 9.14. The number of nitrogens with one attached hydrogen (secondary N) is 2. The Morgan fingerprint density at radius 2 is 1.53 bits per heavy atom. The van der Waals surface area contributed by atoms with Gasteiger partial charge in [-0.15, -0.1) is 0 Å². The van der Waals surface area contributed by atoms with E-state index >= 15 is 0 Å².